The molecule has 3 rings (SSSR count). The number of anilines is 1. The van der Waals surface area contributed by atoms with Gasteiger partial charge in [0, 0.05) is 18.5 Å². The topological polar surface area (TPSA) is 168 Å². The lowest BCUT2D eigenvalue weighted by Crippen LogP contribution is -2.28. The first kappa shape index (κ1) is 32.6. The van der Waals surface area contributed by atoms with Crippen LogP contribution in [0.2, 0.25) is 0 Å². The van der Waals surface area contributed by atoms with Gasteiger partial charge in [0.2, 0.25) is 16.9 Å². The van der Waals surface area contributed by atoms with Gasteiger partial charge in [-0.05, 0) is 54.7 Å². The number of aryl methyl sites for hydroxylation is 1. The molecule has 1 aromatic heterocycles. The first-order valence-electron chi connectivity index (χ1n) is 13.7. The molecule has 1 heterocycles. The van der Waals surface area contributed by atoms with Crippen LogP contribution < -0.4 is 26.8 Å². The molecule has 2 aromatic carbocycles. The lowest BCUT2D eigenvalue weighted by molar-refractivity contribution is -0.119. The normalized spacial score (nSPS) is 12.5. The van der Waals surface area contributed by atoms with Crippen molar-refractivity contribution >= 4 is 39.5 Å². The average molecular weight is 611 g/mol. The highest BCUT2D eigenvalue weighted by molar-refractivity contribution is 7.90. The summed E-state index contributed by atoms with van der Waals surface area (Å²) >= 11 is 0.535. The monoisotopic (exact) mass is 610 g/mol. The van der Waals surface area contributed by atoms with Crippen LogP contribution in [0.15, 0.2) is 78.3 Å². The van der Waals surface area contributed by atoms with Gasteiger partial charge in [-0.25, -0.2) is 0 Å². The fraction of sp³-hybridized carbons (Fsp3) is 0.333. The van der Waals surface area contributed by atoms with Gasteiger partial charge >= 0.3 is 0 Å². The number of hydrogen-bond donors (Lipinski definition) is 4. The fourth-order valence-electron chi connectivity index (χ4n) is 3.87. The van der Waals surface area contributed by atoms with E-state index in [4.69, 9.17) is 16.2 Å². The van der Waals surface area contributed by atoms with E-state index in [9.17, 15) is 14.1 Å². The van der Waals surface area contributed by atoms with Crippen LogP contribution in [-0.4, -0.2) is 45.2 Å². The van der Waals surface area contributed by atoms with Crippen molar-refractivity contribution in [2.24, 2.45) is 11.5 Å². The zero-order valence-corrected chi connectivity index (χ0v) is 25.3. The molecule has 0 saturated heterocycles. The van der Waals surface area contributed by atoms with Crippen LogP contribution in [-0.2, 0) is 40.0 Å². The predicted molar refractivity (Wildman–Crippen MR) is 168 cm³/mol. The summed E-state index contributed by atoms with van der Waals surface area (Å²) in [5.41, 5.74) is 14.4. The number of unbranched alkanes of at least 4 members (excludes halogenated alkanes) is 1. The van der Waals surface area contributed by atoms with Crippen molar-refractivity contribution in [3.8, 4) is 5.75 Å². The molecule has 0 aliphatic rings. The molecule has 10 nitrogen and oxygen atoms in total. The Balaban J connectivity index is 1.33. The summed E-state index contributed by atoms with van der Waals surface area (Å²) in [4.78, 5) is 24.6. The molecular weight excluding hydrogens is 573 g/mol. The Morgan fingerprint density at radius 2 is 1.74 bits per heavy atom. The highest BCUT2D eigenvalue weighted by atomic mass is 32.2. The lowest BCUT2D eigenvalue weighted by Gasteiger charge is -2.09. The maximum atomic E-state index is 12.4. The predicted octanol–water partition coefficient (Wildman–Crippen LogP) is 3.58. The summed E-state index contributed by atoms with van der Waals surface area (Å²) in [6.45, 7) is 0.469. The van der Waals surface area contributed by atoms with Crippen LogP contribution in [0.3, 0.4) is 0 Å². The first-order valence-corrected chi connectivity index (χ1v) is 16.2. The van der Waals surface area contributed by atoms with Gasteiger partial charge in [-0.3, -0.25) is 9.59 Å². The first-order chi connectivity index (χ1) is 20.3. The maximum Gasteiger partial charge on any atom is 0.230 e. The Labute approximate surface area is 253 Å². The Kier molecular flexibility index (Phi) is 13.9. The van der Waals surface area contributed by atoms with E-state index >= 15 is 0 Å². The molecule has 12 heteroatoms. The minimum absolute atomic E-state index is 0.122. The van der Waals surface area contributed by atoms with Crippen molar-refractivity contribution in [1.29, 1.82) is 0 Å². The number of carbonyl (C=O) groups is 2. The van der Waals surface area contributed by atoms with Crippen molar-refractivity contribution in [2.75, 3.05) is 23.9 Å². The molecule has 3 aromatic rings. The highest BCUT2D eigenvalue weighted by Crippen LogP contribution is 2.18. The zero-order chi connectivity index (χ0) is 30.2. The van der Waals surface area contributed by atoms with Crippen LogP contribution in [0.5, 0.6) is 5.75 Å². The van der Waals surface area contributed by atoms with Gasteiger partial charge in [-0.15, -0.1) is 10.2 Å². The van der Waals surface area contributed by atoms with Gasteiger partial charge in [-0.2, -0.15) is 0 Å². The van der Waals surface area contributed by atoms with Gasteiger partial charge < -0.3 is 31.4 Å². The second-order valence-corrected chi connectivity index (χ2v) is 12.3. The summed E-state index contributed by atoms with van der Waals surface area (Å²) in [7, 11) is 0. The van der Waals surface area contributed by atoms with E-state index in [1.807, 2.05) is 54.6 Å². The second-order valence-electron chi connectivity index (χ2n) is 9.63. The lowest BCUT2D eigenvalue weighted by atomic mass is 10.1. The Morgan fingerprint density at radius 3 is 2.52 bits per heavy atom. The number of rotatable bonds is 17. The summed E-state index contributed by atoms with van der Waals surface area (Å²) in [6.07, 6.45) is 9.18. The average Bonchev–Trinajstić information content (AvgIpc) is 3.39. The van der Waals surface area contributed by atoms with E-state index in [-0.39, 0.29) is 24.1 Å². The molecule has 224 valence electrons. The van der Waals surface area contributed by atoms with Gasteiger partial charge in [-0.1, -0.05) is 65.0 Å². The molecule has 0 spiro atoms. The molecule has 42 heavy (non-hydrogen) atoms. The molecule has 0 aliphatic carbocycles. The van der Waals surface area contributed by atoms with Crippen molar-refractivity contribution in [3.63, 3.8) is 0 Å². The number of nitrogens with one attached hydrogen (secondary N) is 2. The number of nitrogens with two attached hydrogens (primary N) is 2. The highest BCUT2D eigenvalue weighted by Gasteiger charge is 2.09. The Morgan fingerprint density at radius 1 is 0.976 bits per heavy atom. The fourth-order valence-corrected chi connectivity index (χ4v) is 5.19. The molecule has 1 atom stereocenters. The second kappa shape index (κ2) is 17.8. The van der Waals surface area contributed by atoms with Crippen molar-refractivity contribution in [3.05, 3.63) is 94.4 Å². The summed E-state index contributed by atoms with van der Waals surface area (Å²) in [5, 5.41) is 15.0. The Bertz CT molecular complexity index is 1340. The van der Waals surface area contributed by atoms with Gasteiger partial charge in [0.1, 0.15) is 22.3 Å². The zero-order valence-electron chi connectivity index (χ0n) is 23.7. The smallest absolute Gasteiger partial charge is 0.230 e. The van der Waals surface area contributed by atoms with E-state index < -0.39 is 11.2 Å². The van der Waals surface area contributed by atoms with Gasteiger partial charge in [0.05, 0.1) is 25.7 Å². The van der Waals surface area contributed by atoms with Crippen LogP contribution in [0, 0.1) is 0 Å². The molecule has 0 fully saturated rings. The van der Waals surface area contributed by atoms with Crippen LogP contribution in [0.1, 0.15) is 41.8 Å². The van der Waals surface area contributed by atoms with Crippen molar-refractivity contribution < 1.29 is 18.9 Å². The number of amides is 2. The third-order valence-electron chi connectivity index (χ3n) is 5.90. The van der Waals surface area contributed by atoms with E-state index in [1.165, 1.54) is 11.3 Å². The van der Waals surface area contributed by atoms with Gasteiger partial charge in [0.25, 0.3) is 0 Å². The van der Waals surface area contributed by atoms with Crippen molar-refractivity contribution in [1.82, 2.24) is 15.5 Å². The molecule has 0 radical (unpaired) electrons. The van der Waals surface area contributed by atoms with E-state index in [0.717, 1.165) is 35.4 Å². The summed E-state index contributed by atoms with van der Waals surface area (Å²) in [5.74, 6) is 1.10. The van der Waals surface area contributed by atoms with E-state index in [2.05, 4.69) is 20.8 Å². The van der Waals surface area contributed by atoms with E-state index in [1.54, 1.807) is 18.4 Å². The molecular formula is C30H38N6O4S2. The van der Waals surface area contributed by atoms with Crippen LogP contribution in [0.25, 0.3) is 0 Å². The SMILES string of the molecule is C[S+]([O-])CCCOc1cccc(CC(=O)N/C(N)=C/C=C(\N)CCCCc2nnc(NC(=O)Cc3ccccc3)s2)c1. The minimum atomic E-state index is -0.839. The molecule has 0 bridgehead atoms. The summed E-state index contributed by atoms with van der Waals surface area (Å²) < 4.78 is 16.8. The van der Waals surface area contributed by atoms with E-state index in [0.29, 0.717) is 48.2 Å². The number of carbonyl (C=O) groups excluding carboxylic acids is 2. The molecule has 6 N–H and O–H groups in total. The summed E-state index contributed by atoms with van der Waals surface area (Å²) in [6, 6.07) is 16.8. The number of nitrogens with zero attached hydrogens (tertiary/aromatic N) is 2. The number of aromatic nitrogens is 2. The largest absolute Gasteiger partial charge is 0.617 e. The minimum Gasteiger partial charge on any atom is -0.617 e. The molecule has 2 amide bonds. The number of benzene rings is 2. The molecule has 0 saturated carbocycles. The number of ether oxygens (including phenoxy) is 1. The maximum absolute atomic E-state index is 12.4. The standard InChI is InChI=1S/C30H38N6O4S2/c1-42(39)18-8-17-40-25-13-7-11-23(19-25)21-27(37)33-26(32)16-15-24(31)12-5-6-14-29-35-36-30(41-29)34-28(38)20-22-9-3-2-4-10-22/h2-4,7,9-11,13,15-16,19H,5-6,8,12,14,17-18,20-21,31-32H2,1H3,(H,33,37)(H,34,36,38)/b24-15-,26-16+. The quantitative estimate of drug-likeness (QED) is 0.102. The van der Waals surface area contributed by atoms with Gasteiger partial charge in [0.15, 0.2) is 0 Å². The number of hydrogen-bond acceptors (Lipinski definition) is 9. The Hall–Kier alpha value is -3.87. The third kappa shape index (κ3) is 13.2. The third-order valence-corrected chi connectivity index (χ3v) is 7.66. The molecule has 1 unspecified atom stereocenters. The van der Waals surface area contributed by atoms with Crippen molar-refractivity contribution in [2.45, 2.75) is 44.9 Å². The van der Waals surface area contributed by atoms with Crippen LogP contribution in [0.4, 0.5) is 5.13 Å². The van der Waals surface area contributed by atoms with Crippen LogP contribution >= 0.6 is 11.3 Å². The molecule has 0 aliphatic heterocycles. The number of allylic oxidation sites excluding steroid dienone is 3.